The molecule has 98 valence electrons. The van der Waals surface area contributed by atoms with E-state index in [-0.39, 0.29) is 0 Å². The number of aryl methyl sites for hydroxylation is 1. The summed E-state index contributed by atoms with van der Waals surface area (Å²) in [5.41, 5.74) is 1.49. The molecule has 3 rings (SSSR count). The third-order valence-corrected chi connectivity index (χ3v) is 4.03. The summed E-state index contributed by atoms with van der Waals surface area (Å²) in [6.45, 7) is 1.95. The van der Waals surface area contributed by atoms with E-state index >= 15 is 0 Å². The number of halogens is 1. The third kappa shape index (κ3) is 2.52. The molecule has 5 heteroatoms. The molecule has 0 amide bonds. The van der Waals surface area contributed by atoms with E-state index in [1.165, 1.54) is 0 Å². The van der Waals surface area contributed by atoms with Crippen molar-refractivity contribution in [2.45, 2.75) is 19.4 Å². The second-order valence-corrected chi connectivity index (χ2v) is 5.85. The highest BCUT2D eigenvalue weighted by Gasteiger charge is 2.16. The fourth-order valence-electron chi connectivity index (χ4n) is 2.01. The lowest BCUT2D eigenvalue weighted by atomic mass is 10.1. The smallest absolute Gasteiger partial charge is 0.152 e. The van der Waals surface area contributed by atoms with Crippen molar-refractivity contribution >= 4 is 33.9 Å². The zero-order valence-electron chi connectivity index (χ0n) is 10.3. The van der Waals surface area contributed by atoms with Crippen molar-refractivity contribution in [3.63, 3.8) is 0 Å². The Kier molecular flexibility index (Phi) is 3.31. The molecule has 1 atom stereocenters. The molecule has 3 nitrogen and oxygen atoms in total. The van der Waals surface area contributed by atoms with Crippen LogP contribution in [0.15, 0.2) is 34.1 Å². The molecule has 0 aliphatic rings. The Morgan fingerprint density at radius 1 is 1.47 bits per heavy atom. The molecular formula is C14H12ClNO2S. The van der Waals surface area contributed by atoms with Gasteiger partial charge in [-0.15, -0.1) is 11.3 Å². The summed E-state index contributed by atoms with van der Waals surface area (Å²) < 4.78 is 5.63. The van der Waals surface area contributed by atoms with Crippen LogP contribution < -0.4 is 0 Å². The van der Waals surface area contributed by atoms with Crippen LogP contribution in [0.25, 0.3) is 11.0 Å². The topological polar surface area (TPSA) is 46.3 Å². The fraction of sp³-hybridized carbons (Fsp3) is 0.214. The fourth-order valence-corrected chi connectivity index (χ4v) is 2.86. The highest BCUT2D eigenvalue weighted by molar-refractivity contribution is 7.09. The number of benzene rings is 1. The molecule has 0 fully saturated rings. The summed E-state index contributed by atoms with van der Waals surface area (Å²) in [5.74, 6) is 0.522. The van der Waals surface area contributed by atoms with E-state index in [9.17, 15) is 5.11 Å². The van der Waals surface area contributed by atoms with Gasteiger partial charge in [0.15, 0.2) is 5.58 Å². The molecule has 0 saturated heterocycles. The summed E-state index contributed by atoms with van der Waals surface area (Å²) in [4.78, 5) is 4.34. The van der Waals surface area contributed by atoms with Gasteiger partial charge >= 0.3 is 0 Å². The Labute approximate surface area is 119 Å². The molecule has 1 unspecified atom stereocenters. The average Bonchev–Trinajstić information content (AvgIpc) is 2.96. The largest absolute Gasteiger partial charge is 0.457 e. The normalized spacial score (nSPS) is 13.0. The van der Waals surface area contributed by atoms with Crippen LogP contribution in [0.4, 0.5) is 0 Å². The second kappa shape index (κ2) is 4.96. The predicted octanol–water partition coefficient (Wildman–Crippen LogP) is 4.13. The molecule has 0 bridgehead atoms. The average molecular weight is 294 g/mol. The summed E-state index contributed by atoms with van der Waals surface area (Å²) >= 11 is 7.63. The number of nitrogens with zero attached hydrogens (tertiary/aromatic N) is 1. The van der Waals surface area contributed by atoms with Crippen LogP contribution >= 0.6 is 22.9 Å². The maximum Gasteiger partial charge on any atom is 0.152 e. The van der Waals surface area contributed by atoms with E-state index in [0.717, 1.165) is 16.1 Å². The molecule has 0 radical (unpaired) electrons. The summed E-state index contributed by atoms with van der Waals surface area (Å²) in [6, 6.07) is 7.37. The van der Waals surface area contributed by atoms with Crippen molar-refractivity contribution < 1.29 is 9.52 Å². The molecule has 3 aromatic rings. The van der Waals surface area contributed by atoms with Crippen molar-refractivity contribution in [3.8, 4) is 0 Å². The molecule has 2 heterocycles. The van der Waals surface area contributed by atoms with Crippen LogP contribution in [0.2, 0.25) is 5.02 Å². The van der Waals surface area contributed by atoms with Crippen molar-refractivity contribution in [3.05, 3.63) is 51.1 Å². The lowest BCUT2D eigenvalue weighted by molar-refractivity contribution is 0.151. The summed E-state index contributed by atoms with van der Waals surface area (Å²) in [5, 5.41) is 14.6. The number of furan rings is 1. The highest BCUT2D eigenvalue weighted by Crippen LogP contribution is 2.30. The quantitative estimate of drug-likeness (QED) is 0.790. The number of thiazole rings is 1. The third-order valence-electron chi connectivity index (χ3n) is 2.91. The van der Waals surface area contributed by atoms with Crippen LogP contribution in [0.3, 0.4) is 0 Å². The molecule has 0 aliphatic heterocycles. The number of aromatic nitrogens is 1. The van der Waals surface area contributed by atoms with Gasteiger partial charge in [-0.2, -0.15) is 0 Å². The maximum atomic E-state index is 10.2. The zero-order chi connectivity index (χ0) is 13.4. The molecular weight excluding hydrogens is 282 g/mol. The molecule has 19 heavy (non-hydrogen) atoms. The van der Waals surface area contributed by atoms with Crippen molar-refractivity contribution in [1.29, 1.82) is 0 Å². The van der Waals surface area contributed by atoms with Crippen LogP contribution in [-0.4, -0.2) is 10.1 Å². The van der Waals surface area contributed by atoms with Crippen LogP contribution in [0.1, 0.15) is 22.6 Å². The van der Waals surface area contributed by atoms with E-state index in [1.54, 1.807) is 17.4 Å². The van der Waals surface area contributed by atoms with Gasteiger partial charge in [0.05, 0.1) is 15.7 Å². The van der Waals surface area contributed by atoms with Gasteiger partial charge in [0.2, 0.25) is 0 Å². The number of para-hydroxylation sites is 1. The SMILES string of the molecule is Cc1nc(CC(O)c2cc3cccc(Cl)c3o2)cs1. The van der Waals surface area contributed by atoms with Crippen LogP contribution in [-0.2, 0) is 6.42 Å². The van der Waals surface area contributed by atoms with Crippen LogP contribution in [0.5, 0.6) is 0 Å². The van der Waals surface area contributed by atoms with E-state index in [1.807, 2.05) is 30.5 Å². The number of aliphatic hydroxyl groups is 1. The molecule has 1 N–H and O–H groups in total. The van der Waals surface area contributed by atoms with E-state index < -0.39 is 6.10 Å². The van der Waals surface area contributed by atoms with E-state index in [0.29, 0.717) is 22.8 Å². The van der Waals surface area contributed by atoms with E-state index in [2.05, 4.69) is 4.98 Å². The van der Waals surface area contributed by atoms with E-state index in [4.69, 9.17) is 16.0 Å². The van der Waals surface area contributed by atoms with Crippen molar-refractivity contribution in [2.24, 2.45) is 0 Å². The van der Waals surface area contributed by atoms with Gasteiger partial charge in [-0.05, 0) is 19.1 Å². The Morgan fingerprint density at radius 2 is 2.32 bits per heavy atom. The minimum Gasteiger partial charge on any atom is -0.457 e. The lowest BCUT2D eigenvalue weighted by Gasteiger charge is -2.04. The minimum atomic E-state index is -0.704. The van der Waals surface area contributed by atoms with Gasteiger partial charge < -0.3 is 9.52 Å². The first-order chi connectivity index (χ1) is 9.13. The Hall–Kier alpha value is -1.36. The summed E-state index contributed by atoms with van der Waals surface area (Å²) in [7, 11) is 0. The van der Waals surface area contributed by atoms with Gasteiger partial charge in [0, 0.05) is 17.2 Å². The molecule has 0 aliphatic carbocycles. The number of hydrogen-bond acceptors (Lipinski definition) is 4. The molecule has 2 aromatic heterocycles. The predicted molar refractivity (Wildman–Crippen MR) is 76.7 cm³/mol. The molecule has 0 spiro atoms. The zero-order valence-corrected chi connectivity index (χ0v) is 11.8. The maximum absolute atomic E-state index is 10.2. The molecule has 1 aromatic carbocycles. The first kappa shape index (κ1) is 12.7. The van der Waals surface area contributed by atoms with Gasteiger partial charge in [-0.3, -0.25) is 0 Å². The number of hydrogen-bond donors (Lipinski definition) is 1. The summed E-state index contributed by atoms with van der Waals surface area (Å²) in [6.07, 6.45) is -0.258. The second-order valence-electron chi connectivity index (χ2n) is 4.38. The number of rotatable bonds is 3. The standard InChI is InChI=1S/C14H12ClNO2S/c1-8-16-10(7-19-8)6-12(17)13-5-9-3-2-4-11(15)14(9)18-13/h2-5,7,12,17H,6H2,1H3. The number of fused-ring (bicyclic) bond motifs is 1. The monoisotopic (exact) mass is 293 g/mol. The Bertz CT molecular complexity index is 719. The highest BCUT2D eigenvalue weighted by atomic mass is 35.5. The van der Waals surface area contributed by atoms with Crippen molar-refractivity contribution in [1.82, 2.24) is 4.98 Å². The first-order valence-corrected chi connectivity index (χ1v) is 7.16. The van der Waals surface area contributed by atoms with Crippen molar-refractivity contribution in [2.75, 3.05) is 0 Å². The van der Waals surface area contributed by atoms with Gasteiger partial charge in [-0.1, -0.05) is 23.7 Å². The van der Waals surface area contributed by atoms with Gasteiger partial charge in [-0.25, -0.2) is 4.98 Å². The van der Waals surface area contributed by atoms with Crippen LogP contribution in [0, 0.1) is 6.92 Å². The minimum absolute atomic E-state index is 0.446. The van der Waals surface area contributed by atoms with Gasteiger partial charge in [0.25, 0.3) is 0 Å². The lowest BCUT2D eigenvalue weighted by Crippen LogP contribution is -2.00. The Morgan fingerprint density at radius 3 is 3.00 bits per heavy atom. The Balaban J connectivity index is 1.89. The first-order valence-electron chi connectivity index (χ1n) is 5.90. The van der Waals surface area contributed by atoms with Gasteiger partial charge in [0.1, 0.15) is 11.9 Å². The number of aliphatic hydroxyl groups excluding tert-OH is 1. The molecule has 0 saturated carbocycles.